The van der Waals surface area contributed by atoms with Crippen molar-refractivity contribution in [3.8, 4) is 0 Å². The number of hydrogen-bond acceptors (Lipinski definition) is 8. The average Bonchev–Trinajstić information content (AvgIpc) is 3.49. The van der Waals surface area contributed by atoms with Crippen molar-refractivity contribution in [2.45, 2.75) is 76.8 Å². The number of benzene rings is 3. The number of nitrogens with zero attached hydrogens (tertiary/aromatic N) is 2. The number of aromatic nitrogens is 2. The van der Waals surface area contributed by atoms with Crippen molar-refractivity contribution in [2.75, 3.05) is 6.61 Å². The molecule has 0 aliphatic heterocycles. The van der Waals surface area contributed by atoms with E-state index >= 15 is 0 Å². The molecule has 2 atom stereocenters. The van der Waals surface area contributed by atoms with E-state index in [1.807, 2.05) is 112 Å². The van der Waals surface area contributed by atoms with Crippen LogP contribution in [0.15, 0.2) is 95.5 Å². The summed E-state index contributed by atoms with van der Waals surface area (Å²) in [5.41, 5.74) is 6.95. The van der Waals surface area contributed by atoms with Crippen LogP contribution in [0.4, 0.5) is 4.79 Å². The van der Waals surface area contributed by atoms with E-state index in [0.717, 1.165) is 16.7 Å². The summed E-state index contributed by atoms with van der Waals surface area (Å²) in [5, 5.41) is 10.1. The highest BCUT2D eigenvalue weighted by Gasteiger charge is 2.38. The molecule has 3 aromatic carbocycles. The van der Waals surface area contributed by atoms with Crippen LogP contribution in [-0.4, -0.2) is 40.0 Å². The van der Waals surface area contributed by atoms with E-state index in [1.54, 1.807) is 20.8 Å². The first-order valence-electron chi connectivity index (χ1n) is 15.0. The van der Waals surface area contributed by atoms with Crippen molar-refractivity contribution in [3.63, 3.8) is 0 Å². The zero-order valence-electron chi connectivity index (χ0n) is 26.7. The second-order valence-electron chi connectivity index (χ2n) is 12.8. The number of ether oxygens (including phenoxy) is 2. The lowest BCUT2D eigenvalue weighted by Crippen LogP contribution is -2.48. The summed E-state index contributed by atoms with van der Waals surface area (Å²) in [7, 11) is 0. The molecule has 10 heteroatoms. The Bertz CT molecular complexity index is 1430. The third-order valence-electron chi connectivity index (χ3n) is 6.81. The molecule has 0 saturated carbocycles. The van der Waals surface area contributed by atoms with Gasteiger partial charge in [0.1, 0.15) is 17.2 Å². The largest absolute Gasteiger partial charge is 0.444 e. The van der Waals surface area contributed by atoms with Gasteiger partial charge in [0.05, 0.1) is 24.7 Å². The van der Waals surface area contributed by atoms with E-state index in [1.165, 1.54) is 0 Å². The van der Waals surface area contributed by atoms with Gasteiger partial charge in [0.25, 0.3) is 0 Å². The lowest BCUT2D eigenvalue weighted by Gasteiger charge is -2.37. The number of rotatable bonds is 11. The van der Waals surface area contributed by atoms with E-state index < -0.39 is 34.9 Å². The maximum absolute atomic E-state index is 13.8. The molecule has 4 aromatic rings. The molecule has 4 rings (SSSR count). The standard InChI is InChI=1S/C35H43N5O5/c1-33(2,3)43-23-28(37-32(42)44-34(4,5)6)30-38-31(45-40-30)27(36)22-29(41)39-35(24-16-10-7-11-17-24,25-18-12-8-13-19-25)26-20-14-9-15-21-26/h7-21,27-28H,22-23,36H2,1-6H3,(H,37,42)(H,39,41)/t27-,28-/m0/s1. The Hall–Kier alpha value is -4.54. The summed E-state index contributed by atoms with van der Waals surface area (Å²) in [4.78, 5) is 30.9. The molecule has 0 aliphatic carbocycles. The van der Waals surface area contributed by atoms with Crippen molar-refractivity contribution >= 4 is 12.0 Å². The van der Waals surface area contributed by atoms with Crippen LogP contribution in [0, 0.1) is 0 Å². The smallest absolute Gasteiger partial charge is 0.408 e. The number of amides is 2. The molecule has 0 fully saturated rings. The lowest BCUT2D eigenvalue weighted by molar-refractivity contribution is -0.122. The molecule has 0 spiro atoms. The Kier molecular flexibility index (Phi) is 10.4. The van der Waals surface area contributed by atoms with Gasteiger partial charge in [-0.25, -0.2) is 4.79 Å². The molecule has 10 nitrogen and oxygen atoms in total. The van der Waals surface area contributed by atoms with E-state index in [2.05, 4.69) is 20.8 Å². The van der Waals surface area contributed by atoms with Gasteiger partial charge in [-0.3, -0.25) is 4.79 Å². The molecular formula is C35H43N5O5. The first-order chi connectivity index (χ1) is 21.3. The zero-order chi connectivity index (χ0) is 32.7. The van der Waals surface area contributed by atoms with Gasteiger partial charge in [-0.15, -0.1) is 0 Å². The predicted octanol–water partition coefficient (Wildman–Crippen LogP) is 5.95. The number of carbonyl (C=O) groups is 2. The molecule has 0 aliphatic rings. The first-order valence-corrected chi connectivity index (χ1v) is 15.0. The third-order valence-corrected chi connectivity index (χ3v) is 6.81. The highest BCUT2D eigenvalue weighted by Crippen LogP contribution is 2.37. The van der Waals surface area contributed by atoms with E-state index in [0.29, 0.717) is 0 Å². The summed E-state index contributed by atoms with van der Waals surface area (Å²) >= 11 is 0. The quantitative estimate of drug-likeness (QED) is 0.176. The zero-order valence-corrected chi connectivity index (χ0v) is 26.7. The maximum Gasteiger partial charge on any atom is 0.408 e. The fourth-order valence-electron chi connectivity index (χ4n) is 4.83. The Morgan fingerprint density at radius 1 is 0.800 bits per heavy atom. The summed E-state index contributed by atoms with van der Waals surface area (Å²) in [5.74, 6) is -0.113. The molecule has 45 heavy (non-hydrogen) atoms. The first kappa shape index (κ1) is 33.4. The van der Waals surface area contributed by atoms with Crippen molar-refractivity contribution in [1.29, 1.82) is 0 Å². The lowest BCUT2D eigenvalue weighted by atomic mass is 9.77. The van der Waals surface area contributed by atoms with Gasteiger partial charge in [0.15, 0.2) is 5.82 Å². The normalized spacial score (nSPS) is 13.5. The predicted molar refractivity (Wildman–Crippen MR) is 171 cm³/mol. The number of alkyl carbamates (subject to hydrolysis) is 1. The summed E-state index contributed by atoms with van der Waals surface area (Å²) in [6, 6.07) is 27.7. The minimum atomic E-state index is -0.993. The number of nitrogens with two attached hydrogens (primary N) is 1. The summed E-state index contributed by atoms with van der Waals surface area (Å²) < 4.78 is 16.8. The molecule has 0 saturated heterocycles. The Morgan fingerprint density at radius 3 is 1.73 bits per heavy atom. The Balaban J connectivity index is 1.59. The molecular weight excluding hydrogens is 570 g/mol. The van der Waals surface area contributed by atoms with E-state index in [-0.39, 0.29) is 30.7 Å². The topological polar surface area (TPSA) is 142 Å². The van der Waals surface area contributed by atoms with Gasteiger partial charge in [-0.2, -0.15) is 4.98 Å². The van der Waals surface area contributed by atoms with Crippen LogP contribution in [0.1, 0.15) is 88.5 Å². The third kappa shape index (κ3) is 8.99. The van der Waals surface area contributed by atoms with Crippen LogP contribution >= 0.6 is 0 Å². The van der Waals surface area contributed by atoms with Gasteiger partial charge in [-0.1, -0.05) is 96.2 Å². The average molecular weight is 614 g/mol. The molecule has 0 unspecified atom stereocenters. The second-order valence-corrected chi connectivity index (χ2v) is 12.8. The van der Waals surface area contributed by atoms with Gasteiger partial charge < -0.3 is 30.4 Å². The number of nitrogens with one attached hydrogen (secondary N) is 2. The molecule has 238 valence electrons. The summed E-state index contributed by atoms with van der Waals surface area (Å²) in [6.07, 6.45) is -0.794. The molecule has 2 amide bonds. The minimum absolute atomic E-state index is 0.0524. The monoisotopic (exact) mass is 613 g/mol. The van der Waals surface area contributed by atoms with Crippen LogP contribution in [0.25, 0.3) is 0 Å². The highest BCUT2D eigenvalue weighted by atomic mass is 16.6. The van der Waals surface area contributed by atoms with Crippen LogP contribution in [0.5, 0.6) is 0 Å². The molecule has 1 aromatic heterocycles. The van der Waals surface area contributed by atoms with Crippen LogP contribution in [0.2, 0.25) is 0 Å². The molecule has 0 radical (unpaired) electrons. The molecule has 4 N–H and O–H groups in total. The van der Waals surface area contributed by atoms with Crippen LogP contribution in [-0.2, 0) is 19.8 Å². The van der Waals surface area contributed by atoms with Gasteiger partial charge in [0.2, 0.25) is 11.8 Å². The van der Waals surface area contributed by atoms with Gasteiger partial charge in [0, 0.05) is 0 Å². The fourth-order valence-corrected chi connectivity index (χ4v) is 4.83. The maximum atomic E-state index is 13.8. The van der Waals surface area contributed by atoms with Gasteiger partial charge >= 0.3 is 6.09 Å². The molecule has 1 heterocycles. The van der Waals surface area contributed by atoms with Crippen molar-refractivity contribution in [2.24, 2.45) is 5.73 Å². The van der Waals surface area contributed by atoms with E-state index in [9.17, 15) is 9.59 Å². The van der Waals surface area contributed by atoms with E-state index in [4.69, 9.17) is 19.7 Å². The highest BCUT2D eigenvalue weighted by molar-refractivity contribution is 5.79. The fraction of sp³-hybridized carbons (Fsp3) is 0.371. The second kappa shape index (κ2) is 14.0. The van der Waals surface area contributed by atoms with Crippen molar-refractivity contribution in [3.05, 3.63) is 119 Å². The molecule has 0 bridgehead atoms. The Labute approximate surface area is 264 Å². The number of carbonyl (C=O) groups excluding carboxylic acids is 2. The van der Waals surface area contributed by atoms with Crippen LogP contribution < -0.4 is 16.4 Å². The number of hydrogen-bond donors (Lipinski definition) is 3. The summed E-state index contributed by atoms with van der Waals surface area (Å²) in [6.45, 7) is 11.1. The van der Waals surface area contributed by atoms with Crippen LogP contribution in [0.3, 0.4) is 0 Å². The Morgan fingerprint density at radius 2 is 1.29 bits per heavy atom. The minimum Gasteiger partial charge on any atom is -0.444 e. The van der Waals surface area contributed by atoms with Crippen molar-refractivity contribution in [1.82, 2.24) is 20.8 Å². The van der Waals surface area contributed by atoms with Crippen molar-refractivity contribution < 1.29 is 23.6 Å². The van der Waals surface area contributed by atoms with Gasteiger partial charge in [-0.05, 0) is 58.2 Å². The SMILES string of the molecule is CC(C)(C)OC[C@H](NC(=O)OC(C)(C)C)c1noc([C@@H](N)CC(=O)NC(c2ccccc2)(c2ccccc2)c2ccccc2)n1.